The molecule has 8 aromatic carbocycles. The summed E-state index contributed by atoms with van der Waals surface area (Å²) in [5.74, 6) is 6.04. The third kappa shape index (κ3) is 34.0. The number of hydrogen-bond donors (Lipinski definition) is 17. The molecular formula is C88H108BrCl3F8N24O4. The Morgan fingerprint density at radius 2 is 0.688 bits per heavy atom. The highest BCUT2D eigenvalue weighted by Gasteiger charge is 2.35. The van der Waals surface area contributed by atoms with Crippen LogP contribution in [0, 0.1) is 32.4 Å². The van der Waals surface area contributed by atoms with Crippen LogP contribution in [0.5, 0.6) is 17.2 Å². The Kier molecular flexibility index (Phi) is 41.3. The van der Waals surface area contributed by atoms with E-state index in [1.807, 2.05) is 106 Å². The molecule has 0 aliphatic carbocycles. The van der Waals surface area contributed by atoms with E-state index < -0.39 is 23.9 Å². The number of nitrogens with zero attached hydrogens (tertiary/aromatic N) is 8. The van der Waals surface area contributed by atoms with Crippen molar-refractivity contribution in [3.05, 3.63) is 261 Å². The number of alkyl halides is 6. The van der Waals surface area contributed by atoms with E-state index in [2.05, 4.69) is 158 Å². The maximum absolute atomic E-state index is 13.6. The number of para-hydroxylation sites is 2. The van der Waals surface area contributed by atoms with Crippen LogP contribution < -0.4 is 99.3 Å². The van der Waals surface area contributed by atoms with Gasteiger partial charge in [0.2, 0.25) is 0 Å². The molecule has 0 saturated heterocycles. The minimum Gasteiger partial charge on any atom is -0.493 e. The minimum atomic E-state index is -4.68. The molecule has 16 rings (SSSR count). The molecule has 0 saturated carbocycles. The Labute approximate surface area is 763 Å². The van der Waals surface area contributed by atoms with Crippen molar-refractivity contribution in [1.82, 2.24) is 85.1 Å². The van der Waals surface area contributed by atoms with E-state index in [0.29, 0.717) is 68.9 Å². The molecule has 8 aromatic rings. The Bertz CT molecular complexity index is 4960. The molecule has 40 heteroatoms. The summed E-state index contributed by atoms with van der Waals surface area (Å²) < 4.78 is 116. The number of aliphatic hydroxyl groups is 1. The number of guanidine groups is 8. The maximum Gasteiger partial charge on any atom is 0.573 e. The van der Waals surface area contributed by atoms with Crippen molar-refractivity contribution in [3.63, 3.8) is 0 Å². The van der Waals surface area contributed by atoms with E-state index >= 15 is 0 Å². The first-order valence-corrected chi connectivity index (χ1v) is 43.2. The Morgan fingerprint density at radius 3 is 1.12 bits per heavy atom. The summed E-state index contributed by atoms with van der Waals surface area (Å²) in [7, 11) is 3.28. The van der Waals surface area contributed by atoms with Crippen molar-refractivity contribution in [1.29, 1.82) is 0 Å². The van der Waals surface area contributed by atoms with Crippen molar-refractivity contribution in [2.75, 3.05) is 119 Å². The number of hydrogen-bond acceptors (Lipinski definition) is 28. The Balaban J connectivity index is 0.000000165. The van der Waals surface area contributed by atoms with Crippen molar-refractivity contribution < 1.29 is 54.4 Å². The molecule has 8 aliphatic rings. The smallest absolute Gasteiger partial charge is 0.493 e. The van der Waals surface area contributed by atoms with Gasteiger partial charge in [-0.25, -0.2) is 8.78 Å². The summed E-state index contributed by atoms with van der Waals surface area (Å²) in [6.07, 6.45) is -9.36. The summed E-state index contributed by atoms with van der Waals surface area (Å²) in [6.45, 7) is 23.5. The molecule has 0 amide bonds. The predicted octanol–water partition coefficient (Wildman–Crippen LogP) is 11.2. The van der Waals surface area contributed by atoms with Gasteiger partial charge in [0.1, 0.15) is 17.4 Å². The lowest BCUT2D eigenvalue weighted by molar-refractivity contribution is -0.274. The van der Waals surface area contributed by atoms with Gasteiger partial charge in [-0.2, -0.15) is 13.2 Å². The van der Waals surface area contributed by atoms with Crippen LogP contribution in [0.25, 0.3) is 0 Å². The lowest BCUT2D eigenvalue weighted by atomic mass is 10.0. The first-order valence-electron chi connectivity index (χ1n) is 41.2. The lowest BCUT2D eigenvalue weighted by Crippen LogP contribution is -2.33. The predicted molar refractivity (Wildman–Crippen MR) is 496 cm³/mol. The molecule has 0 unspecified atom stereocenters. The summed E-state index contributed by atoms with van der Waals surface area (Å²) >= 11 is 21.7. The number of aliphatic imine (C=N–C) groups is 8. The van der Waals surface area contributed by atoms with Crippen molar-refractivity contribution >= 4 is 98.4 Å². The molecule has 8 aliphatic heterocycles. The number of aryl methyl sites for hydroxylation is 1. The van der Waals surface area contributed by atoms with Gasteiger partial charge in [-0.05, 0) is 118 Å². The summed E-state index contributed by atoms with van der Waals surface area (Å²) in [6, 6.07) is 45.7. The van der Waals surface area contributed by atoms with Crippen LogP contribution in [0.4, 0.5) is 35.1 Å². The van der Waals surface area contributed by atoms with Crippen molar-refractivity contribution in [3.8, 4) is 17.2 Å². The van der Waals surface area contributed by atoms with Gasteiger partial charge in [-0.1, -0.05) is 156 Å². The van der Waals surface area contributed by atoms with Gasteiger partial charge >= 0.3 is 12.5 Å². The number of nitrogens with one attached hydrogen (secondary N) is 16. The standard InChI is InChI=1S/C12H17N3O2.C12H17N3O.2C11H14ClN3.C11H11F4N3.C11H12F3N3O.C10H11BrClN3.C10H12FN3/c1-16-10-5-3-4-9(11(10)17-2)8-15-12-13-6-7-14-12;1-9-10(3-2-4-11(9)8-16)7-15-12-13-5-6-14-12;1-8-9(3-2-4-10(8)12)7-15-11-13-5-6-14-11;1-8-3-2-4-9(10(8)12)7-15-11-13-5-6-14-11;12-9-7(6-18-10-16-4-5-17-10)2-1-3-8(9)11(13,14)15;12-11(13,14)18-9-4-2-1-3-8(9)7-17-10-15-5-6-16-10;11-8-3-1-2-7(9(8)12)6-15-10-13-4-5-14-10;11-9-4-2-1-3-8(9)7-14-10-12-5-6-13-10/h3-5H,6-8H2,1-2H3,(H2,13,14,15);2-4,16H,5-8H2,1H3,(H2,13,14,15);2*2-4H,5-7H2,1H3,(H2,13,14,15);1-3H,4-6H2,(H2,16,17,18);1-4H,5-7H2,(H2,15,16,17);1-3H,4-6H2,(H2,13,14,15);1-4H,5-7H2,(H2,12,13,14). The molecule has 0 radical (unpaired) electrons. The maximum atomic E-state index is 13.6. The number of methoxy groups -OCH3 is 2. The zero-order valence-corrected chi connectivity index (χ0v) is 75.3. The number of rotatable bonds is 20. The quantitative estimate of drug-likeness (QED) is 0.0315. The normalized spacial score (nSPS) is 14.7. The van der Waals surface area contributed by atoms with Gasteiger partial charge in [-0.3, -0.25) is 39.9 Å². The fourth-order valence-electron chi connectivity index (χ4n) is 12.6. The van der Waals surface area contributed by atoms with Crippen LogP contribution in [-0.4, -0.2) is 178 Å². The second-order valence-electron chi connectivity index (χ2n) is 28.4. The van der Waals surface area contributed by atoms with Crippen LogP contribution in [0.1, 0.15) is 72.3 Å². The lowest BCUT2D eigenvalue weighted by Gasteiger charge is -2.14. The molecule has 28 nitrogen and oxygen atoms in total. The van der Waals surface area contributed by atoms with Gasteiger partial charge in [-0.15, -0.1) is 13.2 Å². The zero-order valence-electron chi connectivity index (χ0n) is 71.5. The van der Waals surface area contributed by atoms with Crippen molar-refractivity contribution in [2.24, 2.45) is 39.9 Å². The zero-order chi connectivity index (χ0) is 91.5. The molecule has 17 N–H and O–H groups in total. The molecule has 0 fully saturated rings. The molecule has 0 aromatic heterocycles. The summed E-state index contributed by atoms with van der Waals surface area (Å²) in [5, 5.41) is 61.1. The highest BCUT2D eigenvalue weighted by molar-refractivity contribution is 9.10. The Morgan fingerprint density at radius 1 is 0.359 bits per heavy atom. The summed E-state index contributed by atoms with van der Waals surface area (Å²) in [4.78, 5) is 33.5. The van der Waals surface area contributed by atoms with E-state index in [4.69, 9.17) is 49.4 Å². The first kappa shape index (κ1) is 99.8. The molecule has 128 heavy (non-hydrogen) atoms. The molecular weight excluding hydrogens is 1800 g/mol. The van der Waals surface area contributed by atoms with Gasteiger partial charge in [0.15, 0.2) is 59.2 Å². The highest BCUT2D eigenvalue weighted by atomic mass is 79.9. The van der Waals surface area contributed by atoms with Gasteiger partial charge in [0.25, 0.3) is 0 Å². The van der Waals surface area contributed by atoms with E-state index in [1.54, 1.807) is 38.5 Å². The minimum absolute atomic E-state index is 0.0401. The van der Waals surface area contributed by atoms with Crippen LogP contribution in [0.15, 0.2) is 202 Å². The molecule has 688 valence electrons. The van der Waals surface area contributed by atoms with Crippen LogP contribution in [-0.2, 0) is 65.1 Å². The highest BCUT2D eigenvalue weighted by Crippen LogP contribution is 2.34. The SMILES string of the molecule is COc1cccc(CNC2=NCCN2)c1OC.Cc1c(CO)cccc1CNC1=NCCN1.Cc1c(Cl)cccc1CNC1=NCCN1.Cc1cccc(CNC2=NCCN2)c1Cl.Clc1c(Br)cccc1CNC1=NCCN1.FC(F)(F)Oc1ccccc1CNC1=NCCN1.Fc1c(CNC2=NCCN2)cccc1C(F)(F)F.Fc1ccccc1CNC1=NCCN1. The van der Waals surface area contributed by atoms with Crippen molar-refractivity contribution in [2.45, 2.75) is 92.3 Å². The van der Waals surface area contributed by atoms with Crippen LogP contribution in [0.3, 0.4) is 0 Å². The van der Waals surface area contributed by atoms with E-state index in [-0.39, 0.29) is 36.8 Å². The number of halogens is 12. The molecule has 8 heterocycles. The second-order valence-corrected chi connectivity index (χ2v) is 30.4. The number of benzene rings is 8. The monoisotopic (exact) mass is 1900 g/mol. The third-order valence-corrected chi connectivity index (χ3v) is 21.7. The fourth-order valence-corrected chi connectivity index (χ4v) is 13.6. The van der Waals surface area contributed by atoms with Gasteiger partial charge in [0, 0.05) is 141 Å². The number of ether oxygens (including phenoxy) is 3. The Hall–Kier alpha value is -11.9. The van der Waals surface area contributed by atoms with Gasteiger partial charge in [0.05, 0.1) is 83.8 Å². The molecule has 0 spiro atoms. The molecule has 0 bridgehead atoms. The fraction of sp³-hybridized carbons (Fsp3) is 0.364. The molecule has 0 atom stereocenters. The van der Waals surface area contributed by atoms with E-state index in [9.17, 15) is 35.1 Å². The number of aliphatic hydroxyl groups excluding tert-OH is 1. The average molecular weight is 1900 g/mol. The second kappa shape index (κ2) is 53.0. The topological polar surface area (TPSA) is 339 Å². The van der Waals surface area contributed by atoms with Crippen LogP contribution >= 0.6 is 50.7 Å². The average Bonchev–Trinajstić information content (AvgIpc) is 1.12. The third-order valence-electron chi connectivity index (χ3n) is 19.4. The largest absolute Gasteiger partial charge is 0.573 e. The van der Waals surface area contributed by atoms with Gasteiger partial charge < -0.3 is 104 Å². The summed E-state index contributed by atoms with van der Waals surface area (Å²) in [5.41, 5.74) is 9.78. The first-order chi connectivity index (χ1) is 61.9. The van der Waals surface area contributed by atoms with Crippen LogP contribution in [0.2, 0.25) is 15.1 Å². The van der Waals surface area contributed by atoms with E-state index in [1.165, 1.54) is 41.5 Å². The van der Waals surface area contributed by atoms with E-state index in [0.717, 1.165) is 210 Å².